The number of benzene rings is 3. The first kappa shape index (κ1) is 54.0. The third-order valence-electron chi connectivity index (χ3n) is 17.8. The van der Waals surface area contributed by atoms with Crippen molar-refractivity contribution in [3.63, 3.8) is 0 Å². The first-order valence-corrected chi connectivity index (χ1v) is 28.7. The first-order valence-electron chi connectivity index (χ1n) is 28.7. The molecule has 3 saturated carbocycles. The van der Waals surface area contributed by atoms with E-state index in [1.807, 2.05) is 75.4 Å². The van der Waals surface area contributed by atoms with Crippen molar-refractivity contribution in [2.75, 3.05) is 34.5 Å². The fourth-order valence-electron chi connectivity index (χ4n) is 11.8. The number of fused-ring (bicyclic) bond motifs is 9. The van der Waals surface area contributed by atoms with Crippen LogP contribution in [-0.2, 0) is 14.4 Å². The van der Waals surface area contributed by atoms with Gasteiger partial charge in [0.05, 0.1) is 55.5 Å². The van der Waals surface area contributed by atoms with Gasteiger partial charge in [-0.05, 0) is 132 Å². The monoisotopic (exact) mass is 1140 g/mol. The van der Waals surface area contributed by atoms with Gasteiger partial charge in [-0.25, -0.2) is 44.0 Å². The Morgan fingerprint density at radius 2 is 0.726 bits per heavy atom. The number of hydrogen-bond acceptors (Lipinski definition) is 15. The van der Waals surface area contributed by atoms with E-state index in [-0.39, 0.29) is 17.7 Å². The van der Waals surface area contributed by atoms with E-state index in [0.717, 1.165) is 105 Å². The fraction of sp³-hybridized carbons (Fsp3) is 0.381. The number of pyridine rings is 3. The van der Waals surface area contributed by atoms with Crippen LogP contribution >= 0.6 is 0 Å². The molecule has 15 rings (SSSR count). The average molecular weight is 1140 g/mol. The van der Waals surface area contributed by atoms with Crippen molar-refractivity contribution in [2.24, 2.45) is 17.8 Å². The van der Waals surface area contributed by atoms with Crippen LogP contribution in [0.3, 0.4) is 0 Å². The second kappa shape index (κ2) is 20.6. The van der Waals surface area contributed by atoms with Crippen LogP contribution in [0.2, 0.25) is 0 Å². The van der Waals surface area contributed by atoms with Gasteiger partial charge in [0.25, 0.3) is 17.7 Å². The van der Waals surface area contributed by atoms with E-state index in [0.29, 0.717) is 89.5 Å². The molecule has 3 aromatic carbocycles. The predicted octanol–water partition coefficient (Wildman–Crippen LogP) is 10.8. The molecule has 3 N–H and O–H groups in total. The predicted molar refractivity (Wildman–Crippen MR) is 305 cm³/mol. The van der Waals surface area contributed by atoms with Crippen molar-refractivity contribution in [2.45, 2.75) is 114 Å². The molecule has 21 heteroatoms. The second-order valence-electron chi connectivity index (χ2n) is 23.4. The standard InChI is InChI=1S/3C21H21N3O4/c3*1-3-21(2)19(25)24(20(26)23-21)13-7-8-17(22-10-13)28-16-6-4-5-15-18(16)14-9-12(14)11-27-15/h3*4-8,10,12,14H,3,9,11H2,1-2H3,(H,23,26)/t3*12?,14?,21-/m111/s1. The lowest BCUT2D eigenvalue weighted by Crippen LogP contribution is -2.43. The number of ether oxygens (including phenoxy) is 6. The Morgan fingerprint density at radius 3 is 0.964 bits per heavy atom. The highest BCUT2D eigenvalue weighted by atomic mass is 16.5. The Hall–Kier alpha value is -9.27. The highest BCUT2D eigenvalue weighted by Gasteiger charge is 2.51. The van der Waals surface area contributed by atoms with E-state index in [4.69, 9.17) is 28.4 Å². The zero-order chi connectivity index (χ0) is 58.4. The lowest BCUT2D eigenvalue weighted by atomic mass is 9.99. The SMILES string of the molecule is CC[C@@]1(C)NC(=O)N(c2ccc(Oc3cccc4c3C3CC3CO4)nc2)C1=O.CC[C@@]1(C)NC(=O)N(c2ccc(Oc3cccc4c3C3CC3CO4)nc2)C1=O.CC[C@@]1(C)NC(=O)N(c2ccc(Oc3cccc4c3C3CC3CO4)nc2)C1=O. The van der Waals surface area contributed by atoms with Crippen molar-refractivity contribution >= 4 is 52.9 Å². The lowest BCUT2D eigenvalue weighted by Gasteiger charge is -2.20. The summed E-state index contributed by atoms with van der Waals surface area (Å²) in [5.41, 5.74) is 1.96. The van der Waals surface area contributed by atoms with Gasteiger partial charge in [0.1, 0.15) is 51.1 Å². The van der Waals surface area contributed by atoms with Crippen molar-refractivity contribution in [3.05, 3.63) is 126 Å². The largest absolute Gasteiger partial charge is 0.493 e. The van der Waals surface area contributed by atoms with Gasteiger partial charge in [-0.15, -0.1) is 0 Å². The summed E-state index contributed by atoms with van der Waals surface area (Å²) >= 11 is 0. The van der Waals surface area contributed by atoms with Gasteiger partial charge in [0, 0.05) is 52.6 Å². The number of amides is 9. The summed E-state index contributed by atoms with van der Waals surface area (Å²) in [6.45, 7) is 13.1. The van der Waals surface area contributed by atoms with E-state index >= 15 is 0 Å². The number of hydrogen-bond donors (Lipinski definition) is 3. The van der Waals surface area contributed by atoms with Crippen LogP contribution in [-0.4, -0.2) is 87.2 Å². The number of urea groups is 3. The highest BCUT2D eigenvalue weighted by Crippen LogP contribution is 2.59. The third-order valence-corrected chi connectivity index (χ3v) is 17.8. The molecule has 3 aliphatic carbocycles. The number of aromatic nitrogens is 3. The van der Waals surface area contributed by atoms with Gasteiger partial charge in [-0.2, -0.15) is 0 Å². The summed E-state index contributed by atoms with van der Waals surface area (Å²) in [7, 11) is 0. The van der Waals surface area contributed by atoms with Crippen LogP contribution in [0.25, 0.3) is 0 Å². The maximum Gasteiger partial charge on any atom is 0.329 e. The zero-order valence-electron chi connectivity index (χ0n) is 47.3. The van der Waals surface area contributed by atoms with Crippen molar-refractivity contribution in [1.82, 2.24) is 30.9 Å². The molecule has 9 atom stereocenters. The number of nitrogens with one attached hydrogen (secondary N) is 3. The van der Waals surface area contributed by atoms with E-state index in [9.17, 15) is 28.8 Å². The molecule has 6 aromatic rings. The van der Waals surface area contributed by atoms with Gasteiger partial charge in [0.15, 0.2) is 0 Å². The van der Waals surface area contributed by atoms with Crippen molar-refractivity contribution < 1.29 is 57.2 Å². The van der Waals surface area contributed by atoms with Gasteiger partial charge < -0.3 is 44.4 Å². The van der Waals surface area contributed by atoms with Crippen molar-refractivity contribution in [3.8, 4) is 52.1 Å². The number of rotatable bonds is 12. The Morgan fingerprint density at radius 1 is 0.440 bits per heavy atom. The van der Waals surface area contributed by atoms with E-state index in [1.165, 1.54) is 18.6 Å². The maximum atomic E-state index is 12.6. The molecule has 9 heterocycles. The lowest BCUT2D eigenvalue weighted by molar-refractivity contribution is -0.122. The van der Waals surface area contributed by atoms with Gasteiger partial charge in [0.2, 0.25) is 17.6 Å². The minimum Gasteiger partial charge on any atom is -0.493 e. The molecule has 6 unspecified atom stereocenters. The van der Waals surface area contributed by atoms with Crippen LogP contribution in [0.1, 0.15) is 115 Å². The smallest absolute Gasteiger partial charge is 0.329 e. The number of anilines is 3. The number of nitrogens with zero attached hydrogens (tertiary/aromatic N) is 6. The maximum absolute atomic E-state index is 12.6. The fourth-order valence-corrected chi connectivity index (χ4v) is 11.8. The molecule has 6 aliphatic heterocycles. The highest BCUT2D eigenvalue weighted by molar-refractivity contribution is 6.24. The average Bonchev–Trinajstić information content (AvgIpc) is 3.30. The Labute approximate surface area is 484 Å². The molecule has 21 nitrogen and oxygen atoms in total. The van der Waals surface area contributed by atoms with E-state index < -0.39 is 34.7 Å². The summed E-state index contributed by atoms with van der Waals surface area (Å²) in [5.74, 6) is 8.53. The molecular formula is C63H63N9O12. The summed E-state index contributed by atoms with van der Waals surface area (Å²) in [6.07, 6.45) is 9.40. The summed E-state index contributed by atoms with van der Waals surface area (Å²) in [4.78, 5) is 91.0. The Balaban J connectivity index is 0.000000118. The molecule has 3 aromatic heterocycles. The third kappa shape index (κ3) is 9.57. The van der Waals surface area contributed by atoms with Crippen LogP contribution in [0.4, 0.5) is 31.4 Å². The normalized spacial score (nSPS) is 27.6. The van der Waals surface area contributed by atoms with E-state index in [1.54, 1.807) is 57.2 Å². The molecule has 0 spiro atoms. The minimum absolute atomic E-state index is 0.274. The molecule has 0 radical (unpaired) electrons. The molecule has 3 saturated heterocycles. The Kier molecular flexibility index (Phi) is 13.2. The van der Waals surface area contributed by atoms with Gasteiger partial charge in [-0.3, -0.25) is 14.4 Å². The van der Waals surface area contributed by atoms with E-state index in [2.05, 4.69) is 30.9 Å². The van der Waals surface area contributed by atoms with Crippen LogP contribution in [0, 0.1) is 17.8 Å². The molecular weight excluding hydrogens is 1070 g/mol. The summed E-state index contributed by atoms with van der Waals surface area (Å²) in [6, 6.07) is 26.1. The molecule has 0 bridgehead atoms. The number of carbonyl (C=O) groups is 6. The van der Waals surface area contributed by atoms with Crippen LogP contribution in [0.5, 0.6) is 52.1 Å². The second-order valence-corrected chi connectivity index (χ2v) is 23.4. The molecule has 9 aliphatic rings. The molecule has 9 amide bonds. The van der Waals surface area contributed by atoms with Gasteiger partial charge in [-0.1, -0.05) is 39.0 Å². The zero-order valence-corrected chi connectivity index (χ0v) is 47.3. The quantitative estimate of drug-likeness (QED) is 0.0965. The van der Waals surface area contributed by atoms with Gasteiger partial charge >= 0.3 is 18.1 Å². The number of carbonyl (C=O) groups excluding carboxylic acids is 6. The van der Waals surface area contributed by atoms with Crippen LogP contribution in [0.15, 0.2) is 110 Å². The Bertz CT molecular complexity index is 3300. The number of imide groups is 3. The topological polar surface area (TPSA) is 242 Å². The summed E-state index contributed by atoms with van der Waals surface area (Å²) in [5, 5.41) is 8.22. The minimum atomic E-state index is -0.879. The van der Waals surface area contributed by atoms with Crippen LogP contribution < -0.4 is 59.1 Å². The first-order chi connectivity index (χ1) is 40.5. The van der Waals surface area contributed by atoms with Crippen molar-refractivity contribution in [1.29, 1.82) is 0 Å². The molecule has 6 fully saturated rings. The summed E-state index contributed by atoms with van der Waals surface area (Å²) < 4.78 is 35.5. The molecule has 432 valence electrons. The molecule has 84 heavy (non-hydrogen) atoms.